The Morgan fingerprint density at radius 3 is 1.13 bits per heavy atom. The molecule has 0 radical (unpaired) electrons. The van der Waals surface area contributed by atoms with Gasteiger partial charge in [-0.3, -0.25) is 4.98 Å². The Balaban J connectivity index is 0.625. The first-order valence-corrected chi connectivity index (χ1v) is 34.2. The van der Waals surface area contributed by atoms with E-state index >= 15 is 0 Å². The molecule has 6 nitrogen and oxygen atoms in total. The lowest BCUT2D eigenvalue weighted by Crippen LogP contribution is -2.11. The summed E-state index contributed by atoms with van der Waals surface area (Å²) >= 11 is 0. The third kappa shape index (κ3) is 9.44. The van der Waals surface area contributed by atoms with Gasteiger partial charge in [0.05, 0.1) is 17.4 Å². The number of aromatic nitrogens is 1. The molecule has 0 bridgehead atoms. The maximum absolute atomic E-state index is 7.14. The standard InChI is InChI=1S/C94H60N4O2/c1-3-15-59(16-4-1)61-29-40-68(41-30-61)97(89-27-14-26-82-87-58-95-54-53-91(87)99-92(82)89)70-44-33-64(34-45-70)66-38-49-79-80-50-39-67(57-86(80)77-24-12-11-23-76(77)85(79)56-66)88-52-51-83-81-25-13-28-90(93(81)100-94(83)96-88)98(69-42-31-62(32-43-69)60-17-5-2-6-18-60)71-46-35-63(36-47-71)65-37-48-78-74-21-8-7-19-72(74)73-20-9-10-22-75(73)84(78)55-65/h1-58,88,96H. The van der Waals surface area contributed by atoms with Crippen molar-refractivity contribution in [1.29, 1.82) is 0 Å². The molecule has 1 N–H and O–H groups in total. The summed E-state index contributed by atoms with van der Waals surface area (Å²) in [6.45, 7) is 0. The molecule has 0 fully saturated rings. The van der Waals surface area contributed by atoms with Crippen molar-refractivity contribution in [2.24, 2.45) is 0 Å². The molecule has 20 rings (SSSR count). The van der Waals surface area contributed by atoms with Crippen LogP contribution in [0.25, 0.3) is 148 Å². The van der Waals surface area contributed by atoms with E-state index in [0.717, 1.165) is 112 Å². The summed E-state index contributed by atoms with van der Waals surface area (Å²) in [4.78, 5) is 9.08. The molecule has 0 aliphatic carbocycles. The molecule has 1 aliphatic heterocycles. The Morgan fingerprint density at radius 2 is 0.650 bits per heavy atom. The Bertz CT molecular complexity index is 6420. The summed E-state index contributed by atoms with van der Waals surface area (Å²) < 4.78 is 13.8. The van der Waals surface area contributed by atoms with E-state index in [1.807, 2.05) is 12.3 Å². The molecule has 0 amide bonds. The Kier molecular flexibility index (Phi) is 13.2. The number of hydrogen-bond acceptors (Lipinski definition) is 6. The van der Waals surface area contributed by atoms with E-state index in [-0.39, 0.29) is 6.04 Å². The van der Waals surface area contributed by atoms with E-state index in [1.165, 1.54) is 81.3 Å². The van der Waals surface area contributed by atoms with Crippen molar-refractivity contribution in [2.75, 3.05) is 15.1 Å². The molecule has 1 aliphatic rings. The quantitative estimate of drug-likeness (QED) is 0.130. The first-order chi connectivity index (χ1) is 49.6. The zero-order chi connectivity index (χ0) is 65.8. The number of pyridine rings is 1. The number of hydrogen-bond donors (Lipinski definition) is 1. The first-order valence-electron chi connectivity index (χ1n) is 34.2. The Hall–Kier alpha value is -13.3. The van der Waals surface area contributed by atoms with Crippen molar-refractivity contribution in [2.45, 2.75) is 6.04 Å². The molecular weight excluding hydrogens is 1220 g/mol. The highest BCUT2D eigenvalue weighted by Crippen LogP contribution is 2.49. The lowest BCUT2D eigenvalue weighted by Gasteiger charge is -2.26. The number of para-hydroxylation sites is 2. The van der Waals surface area contributed by atoms with Gasteiger partial charge in [-0.25, -0.2) is 0 Å². The molecule has 19 aromatic rings. The third-order valence-electron chi connectivity index (χ3n) is 20.6. The number of fused-ring (bicyclic) bond motifs is 18. The van der Waals surface area contributed by atoms with Crippen molar-refractivity contribution in [1.82, 2.24) is 4.98 Å². The molecule has 0 saturated carbocycles. The number of nitrogens with zero attached hydrogens (tertiary/aromatic N) is 3. The Labute approximate surface area is 576 Å². The second-order valence-corrected chi connectivity index (χ2v) is 26.2. The summed E-state index contributed by atoms with van der Waals surface area (Å²) in [6, 6.07) is 119. The van der Waals surface area contributed by atoms with Crippen LogP contribution >= 0.6 is 0 Å². The summed E-state index contributed by atoms with van der Waals surface area (Å²) in [5, 5.41) is 21.8. The van der Waals surface area contributed by atoms with Crippen LogP contribution in [0.5, 0.6) is 0 Å². The topological polar surface area (TPSA) is 57.7 Å². The molecule has 1 unspecified atom stereocenters. The summed E-state index contributed by atoms with van der Waals surface area (Å²) in [7, 11) is 0. The molecule has 0 saturated heterocycles. The van der Waals surface area contributed by atoms with Gasteiger partial charge in [0.1, 0.15) is 5.58 Å². The van der Waals surface area contributed by atoms with Crippen LogP contribution in [0, 0.1) is 0 Å². The van der Waals surface area contributed by atoms with E-state index in [2.05, 4.69) is 354 Å². The monoisotopic (exact) mass is 1280 g/mol. The first kappa shape index (κ1) is 57.0. The smallest absolute Gasteiger partial charge is 0.202 e. The van der Waals surface area contributed by atoms with Gasteiger partial charge in [-0.1, -0.05) is 255 Å². The minimum absolute atomic E-state index is 0.143. The molecule has 100 heavy (non-hydrogen) atoms. The fourth-order valence-electron chi connectivity index (χ4n) is 15.7. The van der Waals surface area contributed by atoms with Crippen molar-refractivity contribution < 1.29 is 8.83 Å². The molecule has 6 heteroatoms. The predicted octanol–water partition coefficient (Wildman–Crippen LogP) is 26.4. The van der Waals surface area contributed by atoms with Gasteiger partial charge in [0.15, 0.2) is 11.2 Å². The highest BCUT2D eigenvalue weighted by Gasteiger charge is 2.27. The van der Waals surface area contributed by atoms with Gasteiger partial charge in [0, 0.05) is 56.9 Å². The lowest BCUT2D eigenvalue weighted by molar-refractivity contribution is 0.619. The van der Waals surface area contributed by atoms with Crippen LogP contribution < -0.4 is 15.1 Å². The second kappa shape index (κ2) is 23.2. The van der Waals surface area contributed by atoms with Crippen LogP contribution in [0.15, 0.2) is 355 Å². The fourth-order valence-corrected chi connectivity index (χ4v) is 15.7. The van der Waals surface area contributed by atoms with Crippen LogP contribution in [0.3, 0.4) is 0 Å². The SMILES string of the molecule is C1=CC(c2ccc3c4ccc(-c5ccc(N(c6ccc(-c7ccccc7)cc6)c6cccc7c6oc6ccncc67)cc5)cc4c4ccccc4c3c2)Nc2oc3c(N(c4ccc(-c5ccccc5)cc4)c4ccc(-c5ccc6c7ccccc7c7ccccc7c6c5)cc4)cccc3c21. The van der Waals surface area contributed by atoms with Crippen molar-refractivity contribution >= 4 is 144 Å². The van der Waals surface area contributed by atoms with Gasteiger partial charge in [0.2, 0.25) is 5.88 Å². The van der Waals surface area contributed by atoms with Crippen molar-refractivity contribution in [3.05, 3.63) is 357 Å². The van der Waals surface area contributed by atoms with E-state index in [9.17, 15) is 0 Å². The van der Waals surface area contributed by atoms with Crippen molar-refractivity contribution in [3.63, 3.8) is 0 Å². The van der Waals surface area contributed by atoms with Gasteiger partial charge in [-0.05, 0) is 200 Å². The highest BCUT2D eigenvalue weighted by atomic mass is 16.4. The molecule has 0 spiro atoms. The van der Waals surface area contributed by atoms with Crippen LogP contribution in [-0.2, 0) is 0 Å². The number of rotatable bonds is 11. The third-order valence-corrected chi connectivity index (χ3v) is 20.6. The van der Waals surface area contributed by atoms with Crippen LogP contribution in [0.4, 0.5) is 40.0 Å². The van der Waals surface area contributed by atoms with Gasteiger partial charge in [0.25, 0.3) is 0 Å². The predicted molar refractivity (Wildman–Crippen MR) is 419 cm³/mol. The summed E-state index contributed by atoms with van der Waals surface area (Å²) in [5.41, 5.74) is 19.9. The number of anilines is 7. The molecule has 4 heterocycles. The van der Waals surface area contributed by atoms with E-state index in [1.54, 1.807) is 6.20 Å². The fraction of sp³-hybridized carbons (Fsp3) is 0.0106. The largest absolute Gasteiger partial charge is 0.454 e. The average Bonchev–Trinajstić information content (AvgIpc) is 0.997. The maximum Gasteiger partial charge on any atom is 0.202 e. The van der Waals surface area contributed by atoms with Crippen LogP contribution in [0.2, 0.25) is 0 Å². The van der Waals surface area contributed by atoms with Crippen LogP contribution in [-0.4, -0.2) is 4.98 Å². The van der Waals surface area contributed by atoms with Crippen LogP contribution in [0.1, 0.15) is 17.2 Å². The molecule has 1 atom stereocenters. The molecule has 16 aromatic carbocycles. The second-order valence-electron chi connectivity index (χ2n) is 26.2. The minimum Gasteiger partial charge on any atom is -0.454 e. The van der Waals surface area contributed by atoms with E-state index in [0.29, 0.717) is 0 Å². The average molecular weight is 1280 g/mol. The van der Waals surface area contributed by atoms with Gasteiger partial charge < -0.3 is 24.0 Å². The minimum atomic E-state index is -0.143. The van der Waals surface area contributed by atoms with Crippen molar-refractivity contribution in [3.8, 4) is 44.5 Å². The number of furan rings is 2. The summed E-state index contributed by atoms with van der Waals surface area (Å²) in [5.74, 6) is 0.747. The van der Waals surface area contributed by atoms with Gasteiger partial charge >= 0.3 is 0 Å². The molecule has 3 aromatic heterocycles. The maximum atomic E-state index is 7.14. The molecular formula is C94H60N4O2. The normalized spacial score (nSPS) is 12.9. The number of nitrogens with one attached hydrogen (secondary N) is 1. The summed E-state index contributed by atoms with van der Waals surface area (Å²) in [6.07, 6.45) is 8.19. The lowest BCUT2D eigenvalue weighted by atomic mass is 9.90. The van der Waals surface area contributed by atoms with E-state index in [4.69, 9.17) is 8.83 Å². The van der Waals surface area contributed by atoms with E-state index < -0.39 is 0 Å². The highest BCUT2D eigenvalue weighted by molar-refractivity contribution is 6.27. The molecule has 468 valence electrons. The van der Waals surface area contributed by atoms with Gasteiger partial charge in [-0.2, -0.15) is 0 Å². The Morgan fingerprint density at radius 1 is 0.280 bits per heavy atom. The number of benzene rings is 16. The zero-order valence-electron chi connectivity index (χ0n) is 54.2. The zero-order valence-corrected chi connectivity index (χ0v) is 54.2. The van der Waals surface area contributed by atoms with Gasteiger partial charge in [-0.15, -0.1) is 0 Å².